The second kappa shape index (κ2) is 8.01. The normalized spacial score (nSPS) is 15.2. The van der Waals surface area contributed by atoms with Crippen molar-refractivity contribution in [3.8, 4) is 0 Å². The Morgan fingerprint density at radius 1 is 1.15 bits per heavy atom. The van der Waals surface area contributed by atoms with E-state index in [-0.39, 0.29) is 23.8 Å². The number of hydrogen-bond donors (Lipinski definition) is 1. The van der Waals surface area contributed by atoms with Crippen molar-refractivity contribution in [1.82, 2.24) is 0 Å². The van der Waals surface area contributed by atoms with Gasteiger partial charge in [0, 0.05) is 10.2 Å². The quantitative estimate of drug-likeness (QED) is 0.450. The fraction of sp³-hybridized carbons (Fsp3) is 0.100. The van der Waals surface area contributed by atoms with E-state index in [0.717, 1.165) is 10.0 Å². The number of carbonyl (C=O) groups is 2. The summed E-state index contributed by atoms with van der Waals surface area (Å²) in [5.74, 6) is -1.11. The van der Waals surface area contributed by atoms with Gasteiger partial charge in [-0.2, -0.15) is 0 Å². The minimum atomic E-state index is -0.716. The van der Waals surface area contributed by atoms with Crippen LogP contribution in [0.5, 0.6) is 0 Å². The summed E-state index contributed by atoms with van der Waals surface area (Å²) >= 11 is 3.43. The molecule has 2 aromatic rings. The van der Waals surface area contributed by atoms with E-state index in [1.807, 2.05) is 42.5 Å². The maximum atomic E-state index is 12.7. The first kappa shape index (κ1) is 17.9. The van der Waals surface area contributed by atoms with Crippen LogP contribution in [0.3, 0.4) is 0 Å². The van der Waals surface area contributed by atoms with Crippen LogP contribution in [0.15, 0.2) is 76.3 Å². The third-order valence-electron chi connectivity index (χ3n) is 3.59. The Morgan fingerprint density at radius 3 is 2.54 bits per heavy atom. The molecule has 26 heavy (non-hydrogen) atoms. The SMILES string of the molecule is CCOC(=O)C1=C(Nc2ccccc2)O/C(=C\c2ccccc2Br)C1=O. The van der Waals surface area contributed by atoms with E-state index in [2.05, 4.69) is 21.2 Å². The Kier molecular flexibility index (Phi) is 5.53. The number of ether oxygens (including phenoxy) is 2. The molecule has 0 aromatic heterocycles. The van der Waals surface area contributed by atoms with Gasteiger partial charge in [-0.15, -0.1) is 0 Å². The number of para-hydroxylation sites is 1. The summed E-state index contributed by atoms with van der Waals surface area (Å²) in [6.07, 6.45) is 1.59. The molecule has 1 aliphatic heterocycles. The molecule has 5 nitrogen and oxygen atoms in total. The van der Waals surface area contributed by atoms with E-state index in [9.17, 15) is 9.59 Å². The third-order valence-corrected chi connectivity index (χ3v) is 4.32. The van der Waals surface area contributed by atoms with Crippen LogP contribution in [0.4, 0.5) is 5.69 Å². The smallest absolute Gasteiger partial charge is 0.347 e. The molecule has 0 radical (unpaired) electrons. The summed E-state index contributed by atoms with van der Waals surface area (Å²) in [5, 5.41) is 2.97. The second-order valence-corrected chi connectivity index (χ2v) is 6.23. The number of rotatable bonds is 5. The molecular weight excluding hydrogens is 398 g/mol. The summed E-state index contributed by atoms with van der Waals surface area (Å²) in [5.41, 5.74) is 1.31. The van der Waals surface area contributed by atoms with E-state index >= 15 is 0 Å². The zero-order valence-corrected chi connectivity index (χ0v) is 15.6. The molecule has 1 aliphatic rings. The maximum absolute atomic E-state index is 12.7. The van der Waals surface area contributed by atoms with Crippen LogP contribution >= 0.6 is 15.9 Å². The van der Waals surface area contributed by atoms with E-state index in [1.165, 1.54) is 0 Å². The van der Waals surface area contributed by atoms with Gasteiger partial charge in [0.25, 0.3) is 0 Å². The molecule has 0 saturated carbocycles. The van der Waals surface area contributed by atoms with Gasteiger partial charge in [0.1, 0.15) is 0 Å². The monoisotopic (exact) mass is 413 g/mol. The average Bonchev–Trinajstić information content (AvgIpc) is 2.93. The second-order valence-electron chi connectivity index (χ2n) is 5.38. The third kappa shape index (κ3) is 3.86. The van der Waals surface area contributed by atoms with E-state index in [0.29, 0.717) is 5.69 Å². The van der Waals surface area contributed by atoms with Gasteiger partial charge in [-0.3, -0.25) is 4.79 Å². The van der Waals surface area contributed by atoms with Crippen molar-refractivity contribution in [1.29, 1.82) is 0 Å². The molecule has 0 atom stereocenters. The molecule has 0 saturated heterocycles. The summed E-state index contributed by atoms with van der Waals surface area (Å²) in [6, 6.07) is 16.6. The highest BCUT2D eigenvalue weighted by molar-refractivity contribution is 9.10. The first-order chi connectivity index (χ1) is 12.6. The molecule has 0 aliphatic carbocycles. The molecule has 0 amide bonds. The van der Waals surface area contributed by atoms with Gasteiger partial charge in [0.2, 0.25) is 11.7 Å². The highest BCUT2D eigenvalue weighted by atomic mass is 79.9. The van der Waals surface area contributed by atoms with E-state index in [4.69, 9.17) is 9.47 Å². The Hall–Kier alpha value is -2.86. The number of anilines is 1. The fourth-order valence-corrected chi connectivity index (χ4v) is 2.79. The molecule has 2 aromatic carbocycles. The molecule has 0 spiro atoms. The van der Waals surface area contributed by atoms with Crippen LogP contribution in [0.2, 0.25) is 0 Å². The molecule has 0 bridgehead atoms. The van der Waals surface area contributed by atoms with Crippen LogP contribution in [-0.2, 0) is 19.1 Å². The molecule has 132 valence electrons. The van der Waals surface area contributed by atoms with Crippen LogP contribution < -0.4 is 5.32 Å². The van der Waals surface area contributed by atoms with Crippen LogP contribution in [0.1, 0.15) is 12.5 Å². The Bertz CT molecular complexity index is 903. The topological polar surface area (TPSA) is 64.6 Å². The van der Waals surface area contributed by atoms with Gasteiger partial charge in [-0.25, -0.2) is 4.79 Å². The van der Waals surface area contributed by atoms with Gasteiger partial charge < -0.3 is 14.8 Å². The molecule has 0 unspecified atom stereocenters. The number of allylic oxidation sites excluding steroid dienone is 1. The standard InChI is InChI=1S/C20H16BrNO4/c1-2-25-20(24)17-18(23)16(12-13-8-6-7-11-15(13)21)26-19(17)22-14-9-4-3-5-10-14/h3-12,22H,2H2,1H3/b16-12-. The number of nitrogens with one attached hydrogen (secondary N) is 1. The highest BCUT2D eigenvalue weighted by Gasteiger charge is 2.37. The van der Waals surface area contributed by atoms with Crippen molar-refractivity contribution >= 4 is 39.4 Å². The van der Waals surface area contributed by atoms with Crippen LogP contribution in [-0.4, -0.2) is 18.4 Å². The zero-order valence-electron chi connectivity index (χ0n) is 14.0. The molecule has 6 heteroatoms. The minimum Gasteiger partial charge on any atom is -0.462 e. The predicted octanol–water partition coefficient (Wildman–Crippen LogP) is 4.28. The highest BCUT2D eigenvalue weighted by Crippen LogP contribution is 2.30. The van der Waals surface area contributed by atoms with Gasteiger partial charge in [0.05, 0.1) is 6.61 Å². The lowest BCUT2D eigenvalue weighted by molar-refractivity contribution is -0.139. The number of hydrogen-bond acceptors (Lipinski definition) is 5. The first-order valence-electron chi connectivity index (χ1n) is 8.02. The molecule has 1 heterocycles. The number of ketones is 1. The van der Waals surface area contributed by atoms with Crippen molar-refractivity contribution in [2.45, 2.75) is 6.92 Å². The molecule has 0 fully saturated rings. The number of carbonyl (C=O) groups excluding carboxylic acids is 2. The van der Waals surface area contributed by atoms with E-state index in [1.54, 1.807) is 25.1 Å². The summed E-state index contributed by atoms with van der Waals surface area (Å²) in [4.78, 5) is 25.0. The van der Waals surface area contributed by atoms with Crippen LogP contribution in [0, 0.1) is 0 Å². The Morgan fingerprint density at radius 2 is 1.85 bits per heavy atom. The lowest BCUT2D eigenvalue weighted by Gasteiger charge is -2.08. The van der Waals surface area contributed by atoms with Crippen molar-refractivity contribution in [3.63, 3.8) is 0 Å². The molecule has 3 rings (SSSR count). The van der Waals surface area contributed by atoms with Crippen molar-refractivity contribution in [2.75, 3.05) is 11.9 Å². The number of halogens is 1. The number of esters is 1. The zero-order chi connectivity index (χ0) is 18.5. The molecular formula is C20H16BrNO4. The van der Waals surface area contributed by atoms with Gasteiger partial charge in [0.15, 0.2) is 11.3 Å². The van der Waals surface area contributed by atoms with Crippen molar-refractivity contribution < 1.29 is 19.1 Å². The lowest BCUT2D eigenvalue weighted by Crippen LogP contribution is -2.16. The van der Waals surface area contributed by atoms with Crippen molar-refractivity contribution in [3.05, 3.63) is 81.8 Å². The van der Waals surface area contributed by atoms with Gasteiger partial charge in [-0.1, -0.05) is 52.3 Å². The fourth-order valence-electron chi connectivity index (χ4n) is 2.39. The van der Waals surface area contributed by atoms with E-state index < -0.39 is 11.8 Å². The van der Waals surface area contributed by atoms with Gasteiger partial charge in [-0.05, 0) is 36.8 Å². The van der Waals surface area contributed by atoms with Crippen molar-refractivity contribution in [2.24, 2.45) is 0 Å². The predicted molar refractivity (Wildman–Crippen MR) is 102 cm³/mol. The lowest BCUT2D eigenvalue weighted by atomic mass is 10.1. The molecule has 1 N–H and O–H groups in total. The van der Waals surface area contributed by atoms with Gasteiger partial charge >= 0.3 is 5.97 Å². The number of Topliss-reactive ketones (excluding diaryl/α,β-unsaturated/α-hetero) is 1. The summed E-state index contributed by atoms with van der Waals surface area (Å²) < 4.78 is 11.5. The Labute approximate surface area is 159 Å². The largest absolute Gasteiger partial charge is 0.462 e. The maximum Gasteiger partial charge on any atom is 0.347 e. The average molecular weight is 414 g/mol. The summed E-state index contributed by atoms with van der Waals surface area (Å²) in [6.45, 7) is 1.85. The summed E-state index contributed by atoms with van der Waals surface area (Å²) in [7, 11) is 0. The number of benzene rings is 2. The Balaban J connectivity index is 1.96. The minimum absolute atomic E-state index is 0.0541. The van der Waals surface area contributed by atoms with Crippen LogP contribution in [0.25, 0.3) is 6.08 Å². The first-order valence-corrected chi connectivity index (χ1v) is 8.81.